The van der Waals surface area contributed by atoms with Crippen LogP contribution in [0.5, 0.6) is 0 Å². The molecule has 1 amide bonds. The molecule has 1 aromatic rings. The van der Waals surface area contributed by atoms with Crippen molar-refractivity contribution in [1.82, 2.24) is 5.32 Å². The number of non-ortho nitro benzene ring substituents is 1. The molecule has 1 saturated heterocycles. The minimum atomic E-state index is -0.693. The number of nitro groups is 1. The third-order valence-electron chi connectivity index (χ3n) is 3.78. The highest BCUT2D eigenvalue weighted by atomic mass is 35.5. The van der Waals surface area contributed by atoms with Gasteiger partial charge in [-0.1, -0.05) is 0 Å². The van der Waals surface area contributed by atoms with Crippen LogP contribution in [0.3, 0.4) is 0 Å². The van der Waals surface area contributed by atoms with E-state index in [2.05, 4.69) is 15.4 Å². The summed E-state index contributed by atoms with van der Waals surface area (Å²) in [6.45, 7) is 1.89. The number of anilines is 1. The van der Waals surface area contributed by atoms with Crippen LogP contribution in [0.4, 0.5) is 11.4 Å². The number of methoxy groups -OCH3 is 1. The van der Waals surface area contributed by atoms with Crippen LogP contribution in [0, 0.1) is 16.0 Å². The maximum absolute atomic E-state index is 12.0. The van der Waals surface area contributed by atoms with Crippen LogP contribution in [-0.4, -0.2) is 37.0 Å². The van der Waals surface area contributed by atoms with Crippen LogP contribution in [0.15, 0.2) is 18.2 Å². The second-order valence-corrected chi connectivity index (χ2v) is 5.46. The average Bonchev–Trinajstić information content (AvgIpc) is 3.05. The summed E-state index contributed by atoms with van der Waals surface area (Å²) in [4.78, 5) is 33.9. The molecule has 1 fully saturated rings. The van der Waals surface area contributed by atoms with Gasteiger partial charge in [0, 0.05) is 24.2 Å². The number of hydrogen-bond acceptors (Lipinski definition) is 6. The molecular weight excluding hydrogens is 338 g/mol. The maximum Gasteiger partial charge on any atom is 0.338 e. The Morgan fingerprint density at radius 2 is 2.17 bits per heavy atom. The lowest BCUT2D eigenvalue weighted by molar-refractivity contribution is -0.384. The van der Waals surface area contributed by atoms with Crippen LogP contribution >= 0.6 is 12.4 Å². The van der Waals surface area contributed by atoms with Crippen molar-refractivity contribution in [1.29, 1.82) is 0 Å². The molecule has 2 rings (SSSR count). The van der Waals surface area contributed by atoms with Crippen LogP contribution in [0.2, 0.25) is 0 Å². The zero-order valence-electron chi connectivity index (χ0n) is 13.2. The molecule has 1 unspecified atom stereocenters. The van der Waals surface area contributed by atoms with Gasteiger partial charge in [0.15, 0.2) is 0 Å². The summed E-state index contributed by atoms with van der Waals surface area (Å²) in [5.41, 5.74) is -0.0330. The fourth-order valence-electron chi connectivity index (χ4n) is 2.54. The SMILES string of the molecule is COC(=O)c1cc(NC(=O)CCC2CCNC2)cc([N+](=O)[O-])c1.Cl. The predicted molar refractivity (Wildman–Crippen MR) is 90.5 cm³/mol. The molecule has 8 nitrogen and oxygen atoms in total. The van der Waals surface area contributed by atoms with Crippen LogP contribution in [0.1, 0.15) is 29.6 Å². The smallest absolute Gasteiger partial charge is 0.338 e. The summed E-state index contributed by atoms with van der Waals surface area (Å²) in [7, 11) is 1.19. The third-order valence-corrected chi connectivity index (χ3v) is 3.78. The number of amides is 1. The normalized spacial score (nSPS) is 16.1. The molecule has 1 atom stereocenters. The lowest BCUT2D eigenvalue weighted by Crippen LogP contribution is -2.15. The molecular formula is C15H20ClN3O5. The topological polar surface area (TPSA) is 111 Å². The van der Waals surface area contributed by atoms with Gasteiger partial charge in [-0.15, -0.1) is 12.4 Å². The zero-order chi connectivity index (χ0) is 16.8. The molecule has 1 aliphatic heterocycles. The summed E-state index contributed by atoms with van der Waals surface area (Å²) in [6.07, 6.45) is 2.15. The number of nitrogens with one attached hydrogen (secondary N) is 2. The van der Waals surface area contributed by atoms with Crippen molar-refractivity contribution < 1.29 is 19.2 Å². The summed E-state index contributed by atoms with van der Waals surface area (Å²) in [5, 5.41) is 16.8. The highest BCUT2D eigenvalue weighted by Crippen LogP contribution is 2.22. The Balaban J connectivity index is 0.00000288. The second kappa shape index (κ2) is 9.19. The maximum atomic E-state index is 12.0. The van der Waals surface area contributed by atoms with Gasteiger partial charge in [-0.05, 0) is 37.9 Å². The van der Waals surface area contributed by atoms with E-state index < -0.39 is 10.9 Å². The van der Waals surface area contributed by atoms with E-state index in [1.807, 2.05) is 0 Å². The van der Waals surface area contributed by atoms with Crippen molar-refractivity contribution in [3.8, 4) is 0 Å². The number of esters is 1. The Morgan fingerprint density at radius 3 is 2.75 bits per heavy atom. The Bertz CT molecular complexity index is 617. The van der Waals surface area contributed by atoms with E-state index in [4.69, 9.17) is 0 Å². The van der Waals surface area contributed by atoms with E-state index in [-0.39, 0.29) is 35.3 Å². The molecule has 24 heavy (non-hydrogen) atoms. The Kier molecular flexibility index (Phi) is 7.60. The lowest BCUT2D eigenvalue weighted by Gasteiger charge is -2.09. The number of nitro benzene ring substituents is 1. The van der Waals surface area contributed by atoms with Crippen molar-refractivity contribution >= 4 is 35.7 Å². The highest BCUT2D eigenvalue weighted by molar-refractivity contribution is 5.95. The van der Waals surface area contributed by atoms with Crippen LogP contribution < -0.4 is 10.6 Å². The number of benzene rings is 1. The summed E-state index contributed by atoms with van der Waals surface area (Å²) < 4.78 is 4.56. The first kappa shape index (κ1) is 19.9. The average molecular weight is 358 g/mol. The molecule has 1 heterocycles. The standard InChI is InChI=1S/C15H19N3O5.ClH/c1-23-15(20)11-6-12(8-13(7-11)18(21)22)17-14(19)3-2-10-4-5-16-9-10;/h6-8,10,16H,2-5,9H2,1H3,(H,17,19);1H. The highest BCUT2D eigenvalue weighted by Gasteiger charge is 2.18. The fraction of sp³-hybridized carbons (Fsp3) is 0.467. The lowest BCUT2D eigenvalue weighted by atomic mass is 10.0. The van der Waals surface area contributed by atoms with Gasteiger partial charge in [0.05, 0.1) is 17.6 Å². The summed E-state index contributed by atoms with van der Waals surface area (Å²) in [6, 6.07) is 3.71. The van der Waals surface area contributed by atoms with Crippen LogP contribution in [-0.2, 0) is 9.53 Å². The molecule has 2 N–H and O–H groups in total. The number of halogens is 1. The molecule has 0 bridgehead atoms. The van der Waals surface area contributed by atoms with Gasteiger partial charge in [0.2, 0.25) is 5.91 Å². The van der Waals surface area contributed by atoms with Crippen molar-refractivity contribution in [2.24, 2.45) is 5.92 Å². The monoisotopic (exact) mass is 357 g/mol. The number of rotatable bonds is 6. The first-order valence-electron chi connectivity index (χ1n) is 7.38. The number of carbonyl (C=O) groups excluding carboxylic acids is 2. The van der Waals surface area contributed by atoms with E-state index in [1.165, 1.54) is 19.2 Å². The number of hydrogen-bond donors (Lipinski definition) is 2. The molecule has 0 aromatic heterocycles. The van der Waals surface area contributed by atoms with Gasteiger partial charge in [0.25, 0.3) is 5.69 Å². The van der Waals surface area contributed by atoms with E-state index >= 15 is 0 Å². The molecule has 0 saturated carbocycles. The van der Waals surface area contributed by atoms with Gasteiger partial charge in [-0.25, -0.2) is 4.79 Å². The second-order valence-electron chi connectivity index (χ2n) is 5.46. The minimum absolute atomic E-state index is 0. The Morgan fingerprint density at radius 1 is 1.42 bits per heavy atom. The van der Waals surface area contributed by atoms with Crippen LogP contribution in [0.25, 0.3) is 0 Å². The zero-order valence-corrected chi connectivity index (χ0v) is 14.1. The predicted octanol–water partition coefficient (Wildman–Crippen LogP) is 2.13. The Labute approximate surface area is 145 Å². The molecule has 0 aliphatic carbocycles. The van der Waals surface area contributed by atoms with Crippen molar-refractivity contribution in [3.63, 3.8) is 0 Å². The van der Waals surface area contributed by atoms with Crippen molar-refractivity contribution in [3.05, 3.63) is 33.9 Å². The first-order valence-corrected chi connectivity index (χ1v) is 7.38. The van der Waals surface area contributed by atoms with E-state index in [0.29, 0.717) is 12.3 Å². The summed E-state index contributed by atoms with van der Waals surface area (Å²) >= 11 is 0. The third kappa shape index (κ3) is 5.47. The number of carbonyl (C=O) groups is 2. The number of ether oxygens (including phenoxy) is 1. The molecule has 0 spiro atoms. The fourth-order valence-corrected chi connectivity index (χ4v) is 2.54. The number of nitrogens with zero attached hydrogens (tertiary/aromatic N) is 1. The quantitative estimate of drug-likeness (QED) is 0.458. The largest absolute Gasteiger partial charge is 0.465 e. The molecule has 1 aromatic carbocycles. The van der Waals surface area contributed by atoms with E-state index in [0.717, 1.165) is 32.0 Å². The van der Waals surface area contributed by atoms with E-state index in [9.17, 15) is 19.7 Å². The van der Waals surface area contributed by atoms with Gasteiger partial charge in [-0.2, -0.15) is 0 Å². The van der Waals surface area contributed by atoms with Gasteiger partial charge in [-0.3, -0.25) is 14.9 Å². The molecule has 9 heteroatoms. The molecule has 1 aliphatic rings. The summed E-state index contributed by atoms with van der Waals surface area (Å²) in [5.74, 6) is -0.439. The van der Waals surface area contributed by atoms with Crippen molar-refractivity contribution in [2.45, 2.75) is 19.3 Å². The Hall–Kier alpha value is -2.19. The van der Waals surface area contributed by atoms with Gasteiger partial charge in [0.1, 0.15) is 0 Å². The molecule has 0 radical (unpaired) electrons. The van der Waals surface area contributed by atoms with E-state index in [1.54, 1.807) is 0 Å². The first-order chi connectivity index (χ1) is 11.0. The van der Waals surface area contributed by atoms with Gasteiger partial charge >= 0.3 is 5.97 Å². The molecule has 132 valence electrons. The minimum Gasteiger partial charge on any atom is -0.465 e. The van der Waals surface area contributed by atoms with Crippen molar-refractivity contribution in [2.75, 3.05) is 25.5 Å². The van der Waals surface area contributed by atoms with Gasteiger partial charge < -0.3 is 15.4 Å².